The number of aromatic amines is 1. The fourth-order valence-electron chi connectivity index (χ4n) is 1.64. The molecule has 0 bridgehead atoms. The number of amides is 1. The van der Waals surface area contributed by atoms with Crippen LogP contribution in [0, 0.1) is 0 Å². The van der Waals surface area contributed by atoms with Gasteiger partial charge in [0, 0.05) is 25.5 Å². The van der Waals surface area contributed by atoms with E-state index >= 15 is 0 Å². The topological polar surface area (TPSA) is 86.3 Å². The van der Waals surface area contributed by atoms with Crippen molar-refractivity contribution in [2.45, 2.75) is 6.54 Å². The summed E-state index contributed by atoms with van der Waals surface area (Å²) in [4.78, 5) is 31.9. The summed E-state index contributed by atoms with van der Waals surface area (Å²) >= 11 is 1.28. The lowest BCUT2D eigenvalue weighted by Crippen LogP contribution is -2.26. The summed E-state index contributed by atoms with van der Waals surface area (Å²) in [5, 5.41) is 10.4. The lowest BCUT2D eigenvalue weighted by molar-refractivity contribution is -0.131. The Morgan fingerprint density at radius 1 is 1.55 bits per heavy atom. The molecule has 2 N–H and O–H groups in total. The van der Waals surface area contributed by atoms with Crippen LogP contribution in [0.3, 0.4) is 0 Å². The molecular formula is C13H13N3O3S. The van der Waals surface area contributed by atoms with Gasteiger partial charge in [-0.25, -0.2) is 9.78 Å². The SMILES string of the molecule is CN(Cc1ncc[nH]1)C(=O)c1sccc1C=CC(=O)O. The Morgan fingerprint density at radius 3 is 3.00 bits per heavy atom. The second-order valence-corrected chi connectivity index (χ2v) is 4.99. The van der Waals surface area contributed by atoms with Crippen LogP contribution in [-0.2, 0) is 11.3 Å². The number of aromatic nitrogens is 2. The molecule has 0 unspecified atom stereocenters. The standard InChI is InChI=1S/C13H13N3O3S/c1-16(8-10-14-5-6-15-10)13(19)12-9(4-7-20-12)2-3-11(17)18/h2-7H,8H2,1H3,(H,14,15)(H,17,18). The molecule has 2 aromatic rings. The van der Waals surface area contributed by atoms with Crippen LogP contribution in [0.4, 0.5) is 0 Å². The van der Waals surface area contributed by atoms with Crippen molar-refractivity contribution in [3.05, 3.63) is 46.2 Å². The van der Waals surface area contributed by atoms with Crippen molar-refractivity contribution in [1.29, 1.82) is 0 Å². The van der Waals surface area contributed by atoms with Gasteiger partial charge in [-0.05, 0) is 23.1 Å². The van der Waals surface area contributed by atoms with E-state index < -0.39 is 5.97 Å². The predicted octanol–water partition coefficient (Wildman–Crippen LogP) is 1.84. The summed E-state index contributed by atoms with van der Waals surface area (Å²) in [6.07, 6.45) is 5.76. The van der Waals surface area contributed by atoms with Gasteiger partial charge in [0.2, 0.25) is 0 Å². The Bertz CT molecular complexity index is 631. The lowest BCUT2D eigenvalue weighted by atomic mass is 10.2. The average Bonchev–Trinajstić information content (AvgIpc) is 3.06. The molecule has 0 aliphatic rings. The number of hydrogen-bond acceptors (Lipinski definition) is 4. The minimum Gasteiger partial charge on any atom is -0.478 e. The van der Waals surface area contributed by atoms with Crippen LogP contribution in [0.2, 0.25) is 0 Å². The quantitative estimate of drug-likeness (QED) is 0.823. The van der Waals surface area contributed by atoms with Crippen molar-refractivity contribution >= 4 is 29.3 Å². The monoisotopic (exact) mass is 291 g/mol. The first-order valence-electron chi connectivity index (χ1n) is 5.80. The molecule has 1 amide bonds. The van der Waals surface area contributed by atoms with E-state index in [1.165, 1.54) is 22.3 Å². The molecule has 104 valence electrons. The number of hydrogen-bond donors (Lipinski definition) is 2. The number of aliphatic carboxylic acids is 1. The Labute approximate surface area is 119 Å². The van der Waals surface area contributed by atoms with Crippen LogP contribution in [0.25, 0.3) is 6.08 Å². The predicted molar refractivity (Wildman–Crippen MR) is 75.4 cm³/mol. The molecule has 6 nitrogen and oxygen atoms in total. The Kier molecular flexibility index (Phi) is 4.31. The van der Waals surface area contributed by atoms with Gasteiger partial charge in [0.25, 0.3) is 5.91 Å². The van der Waals surface area contributed by atoms with Gasteiger partial charge in [0.15, 0.2) is 0 Å². The maximum absolute atomic E-state index is 12.3. The summed E-state index contributed by atoms with van der Waals surface area (Å²) in [6, 6.07) is 1.72. The van der Waals surface area contributed by atoms with Gasteiger partial charge in [0.1, 0.15) is 5.82 Å². The van der Waals surface area contributed by atoms with Crippen LogP contribution < -0.4 is 0 Å². The van der Waals surface area contributed by atoms with Gasteiger partial charge >= 0.3 is 5.97 Å². The summed E-state index contributed by atoms with van der Waals surface area (Å²) in [7, 11) is 1.68. The molecule has 0 saturated carbocycles. The maximum Gasteiger partial charge on any atom is 0.328 e. The van der Waals surface area contributed by atoms with Crippen LogP contribution in [0.1, 0.15) is 21.1 Å². The van der Waals surface area contributed by atoms with E-state index in [9.17, 15) is 9.59 Å². The third-order valence-corrected chi connectivity index (χ3v) is 3.50. The Morgan fingerprint density at radius 2 is 2.35 bits per heavy atom. The summed E-state index contributed by atoms with van der Waals surface area (Å²) in [5.41, 5.74) is 0.605. The first kappa shape index (κ1) is 14.0. The number of carboxylic acids is 1. The van der Waals surface area contributed by atoms with Crippen molar-refractivity contribution in [2.24, 2.45) is 0 Å². The minimum atomic E-state index is -1.04. The number of carboxylic acid groups (broad SMARTS) is 1. The smallest absolute Gasteiger partial charge is 0.328 e. The zero-order chi connectivity index (χ0) is 14.5. The van der Waals surface area contributed by atoms with Crippen molar-refractivity contribution in [2.75, 3.05) is 7.05 Å². The zero-order valence-electron chi connectivity index (χ0n) is 10.7. The van der Waals surface area contributed by atoms with Crippen LogP contribution in [0.15, 0.2) is 29.9 Å². The Balaban J connectivity index is 2.13. The molecule has 0 fully saturated rings. The molecule has 0 radical (unpaired) electrons. The fraction of sp³-hybridized carbons (Fsp3) is 0.154. The van der Waals surface area contributed by atoms with Gasteiger partial charge in [0.05, 0.1) is 11.4 Å². The molecule has 2 aromatic heterocycles. The maximum atomic E-state index is 12.3. The van der Waals surface area contributed by atoms with Crippen LogP contribution in [0.5, 0.6) is 0 Å². The van der Waals surface area contributed by atoms with Crippen LogP contribution >= 0.6 is 11.3 Å². The highest BCUT2D eigenvalue weighted by molar-refractivity contribution is 7.12. The van der Waals surface area contributed by atoms with Gasteiger partial charge in [-0.2, -0.15) is 0 Å². The number of imidazole rings is 1. The lowest BCUT2D eigenvalue weighted by Gasteiger charge is -2.15. The third kappa shape index (κ3) is 3.33. The molecule has 0 atom stereocenters. The molecule has 0 aliphatic carbocycles. The van der Waals surface area contributed by atoms with Gasteiger partial charge in [-0.1, -0.05) is 0 Å². The minimum absolute atomic E-state index is 0.165. The fourth-order valence-corrected chi connectivity index (χ4v) is 2.52. The third-order valence-electron chi connectivity index (χ3n) is 2.58. The number of H-pyrrole nitrogens is 1. The second-order valence-electron chi connectivity index (χ2n) is 4.07. The molecule has 2 rings (SSSR count). The van der Waals surface area contributed by atoms with E-state index in [1.807, 2.05) is 0 Å². The molecule has 0 aliphatic heterocycles. The van der Waals surface area contributed by atoms with E-state index in [4.69, 9.17) is 5.11 Å². The summed E-state index contributed by atoms with van der Waals surface area (Å²) < 4.78 is 0. The molecule has 2 heterocycles. The first-order chi connectivity index (χ1) is 9.58. The molecule has 20 heavy (non-hydrogen) atoms. The van der Waals surface area contributed by atoms with Crippen molar-refractivity contribution in [3.63, 3.8) is 0 Å². The Hall–Kier alpha value is -2.41. The van der Waals surface area contributed by atoms with Crippen LogP contribution in [-0.4, -0.2) is 38.9 Å². The van der Waals surface area contributed by atoms with E-state index in [0.29, 0.717) is 22.8 Å². The van der Waals surface area contributed by atoms with E-state index in [-0.39, 0.29) is 5.91 Å². The second kappa shape index (κ2) is 6.16. The highest BCUT2D eigenvalue weighted by atomic mass is 32.1. The summed E-state index contributed by atoms with van der Waals surface area (Å²) in [6.45, 7) is 0.367. The molecular weight excluding hydrogens is 278 g/mol. The van der Waals surface area contributed by atoms with Crippen molar-refractivity contribution < 1.29 is 14.7 Å². The van der Waals surface area contributed by atoms with Crippen molar-refractivity contribution in [3.8, 4) is 0 Å². The highest BCUT2D eigenvalue weighted by Crippen LogP contribution is 2.20. The average molecular weight is 291 g/mol. The zero-order valence-corrected chi connectivity index (χ0v) is 11.6. The van der Waals surface area contributed by atoms with E-state index in [2.05, 4.69) is 9.97 Å². The van der Waals surface area contributed by atoms with Gasteiger partial charge < -0.3 is 15.0 Å². The first-order valence-corrected chi connectivity index (χ1v) is 6.68. The molecule has 0 aromatic carbocycles. The number of nitrogens with one attached hydrogen (secondary N) is 1. The number of rotatable bonds is 5. The number of nitrogens with zero attached hydrogens (tertiary/aromatic N) is 2. The molecule has 0 spiro atoms. The highest BCUT2D eigenvalue weighted by Gasteiger charge is 2.17. The number of carbonyl (C=O) groups excluding carboxylic acids is 1. The number of carbonyl (C=O) groups is 2. The normalized spacial score (nSPS) is 10.8. The number of thiophene rings is 1. The van der Waals surface area contributed by atoms with Gasteiger partial charge in [-0.15, -0.1) is 11.3 Å². The van der Waals surface area contributed by atoms with E-state index in [1.54, 1.807) is 30.9 Å². The van der Waals surface area contributed by atoms with Crippen molar-refractivity contribution in [1.82, 2.24) is 14.9 Å². The van der Waals surface area contributed by atoms with Gasteiger partial charge in [-0.3, -0.25) is 4.79 Å². The molecule has 0 saturated heterocycles. The molecule has 7 heteroatoms. The summed E-state index contributed by atoms with van der Waals surface area (Å²) in [5.74, 6) is -0.514. The largest absolute Gasteiger partial charge is 0.478 e. The van der Waals surface area contributed by atoms with E-state index in [0.717, 1.165) is 6.08 Å².